The molecule has 0 spiro atoms. The minimum absolute atomic E-state index is 0.373. The molecule has 0 aliphatic heterocycles. The number of furan rings is 1. The van der Waals surface area contributed by atoms with Crippen LogP contribution >= 0.6 is 11.8 Å². The standard InChI is InChI=1S/C16H16O2SSi/c1-20(2,3)11-9-13-4-6-14(7-5-13)19-16-8-10-18-15(16)12-17/h4-8,10,12H,1-3H3. The van der Waals surface area contributed by atoms with E-state index in [9.17, 15) is 4.79 Å². The van der Waals surface area contributed by atoms with Gasteiger partial charge in [-0.1, -0.05) is 37.3 Å². The first-order valence-electron chi connectivity index (χ1n) is 6.32. The van der Waals surface area contributed by atoms with Crippen LogP contribution in [0, 0.1) is 11.5 Å². The molecule has 0 atom stereocenters. The fourth-order valence-corrected chi connectivity index (χ4v) is 2.84. The Balaban J connectivity index is 2.12. The van der Waals surface area contributed by atoms with E-state index in [2.05, 4.69) is 31.1 Å². The predicted molar refractivity (Wildman–Crippen MR) is 84.9 cm³/mol. The zero-order chi connectivity index (χ0) is 14.6. The number of carbonyl (C=O) groups is 1. The Kier molecular flexibility index (Phi) is 4.53. The quantitative estimate of drug-likeness (QED) is 0.476. The maximum absolute atomic E-state index is 10.8. The maximum Gasteiger partial charge on any atom is 0.186 e. The summed E-state index contributed by atoms with van der Waals surface area (Å²) in [5.74, 6) is 3.59. The average molecular weight is 300 g/mol. The normalized spacial score (nSPS) is 10.8. The highest BCUT2D eigenvalue weighted by Crippen LogP contribution is 2.30. The molecule has 0 N–H and O–H groups in total. The van der Waals surface area contributed by atoms with Gasteiger partial charge >= 0.3 is 0 Å². The molecule has 2 aromatic rings. The van der Waals surface area contributed by atoms with Crippen LogP contribution in [0.4, 0.5) is 0 Å². The van der Waals surface area contributed by atoms with E-state index in [4.69, 9.17) is 4.42 Å². The summed E-state index contributed by atoms with van der Waals surface area (Å²) in [5.41, 5.74) is 4.37. The van der Waals surface area contributed by atoms with Crippen molar-refractivity contribution in [3.8, 4) is 11.5 Å². The van der Waals surface area contributed by atoms with E-state index in [0.717, 1.165) is 21.6 Å². The summed E-state index contributed by atoms with van der Waals surface area (Å²) >= 11 is 1.51. The molecule has 20 heavy (non-hydrogen) atoms. The third-order valence-electron chi connectivity index (χ3n) is 2.43. The van der Waals surface area contributed by atoms with Gasteiger partial charge in [-0.05, 0) is 30.3 Å². The van der Waals surface area contributed by atoms with Crippen molar-refractivity contribution >= 4 is 26.1 Å². The summed E-state index contributed by atoms with van der Waals surface area (Å²) in [6, 6.07) is 9.85. The van der Waals surface area contributed by atoms with Gasteiger partial charge in [0.25, 0.3) is 0 Å². The Morgan fingerprint density at radius 1 is 1.15 bits per heavy atom. The van der Waals surface area contributed by atoms with Gasteiger partial charge in [-0.2, -0.15) is 0 Å². The largest absolute Gasteiger partial charge is 0.460 e. The van der Waals surface area contributed by atoms with Crippen molar-refractivity contribution < 1.29 is 9.21 Å². The summed E-state index contributed by atoms with van der Waals surface area (Å²) in [6.45, 7) is 6.68. The first-order valence-corrected chi connectivity index (χ1v) is 10.6. The van der Waals surface area contributed by atoms with E-state index >= 15 is 0 Å². The minimum Gasteiger partial charge on any atom is -0.460 e. The van der Waals surface area contributed by atoms with Gasteiger partial charge in [-0.3, -0.25) is 4.79 Å². The van der Waals surface area contributed by atoms with Gasteiger partial charge in [0, 0.05) is 10.5 Å². The van der Waals surface area contributed by atoms with E-state index in [-0.39, 0.29) is 0 Å². The van der Waals surface area contributed by atoms with E-state index in [1.165, 1.54) is 18.0 Å². The highest BCUT2D eigenvalue weighted by atomic mass is 32.2. The van der Waals surface area contributed by atoms with Gasteiger partial charge in [0.2, 0.25) is 0 Å². The maximum atomic E-state index is 10.8. The van der Waals surface area contributed by atoms with E-state index in [0.29, 0.717) is 5.76 Å². The Morgan fingerprint density at radius 2 is 1.85 bits per heavy atom. The predicted octanol–water partition coefficient (Wildman–Crippen LogP) is 4.47. The molecule has 0 amide bonds. The lowest BCUT2D eigenvalue weighted by Crippen LogP contribution is -2.16. The molecule has 0 radical (unpaired) electrons. The molecule has 0 unspecified atom stereocenters. The van der Waals surface area contributed by atoms with Crippen molar-refractivity contribution in [2.75, 3.05) is 0 Å². The second-order valence-corrected chi connectivity index (χ2v) is 11.3. The Bertz CT molecular complexity index is 654. The molecular weight excluding hydrogens is 284 g/mol. The van der Waals surface area contributed by atoms with Gasteiger partial charge < -0.3 is 4.42 Å². The van der Waals surface area contributed by atoms with Crippen molar-refractivity contribution in [3.63, 3.8) is 0 Å². The first kappa shape index (κ1) is 14.7. The average Bonchev–Trinajstić information content (AvgIpc) is 2.84. The summed E-state index contributed by atoms with van der Waals surface area (Å²) < 4.78 is 5.08. The zero-order valence-electron chi connectivity index (χ0n) is 11.8. The molecule has 4 heteroatoms. The SMILES string of the molecule is C[Si](C)(C)C#Cc1ccc(Sc2ccoc2C=O)cc1. The summed E-state index contributed by atoms with van der Waals surface area (Å²) in [6.07, 6.45) is 2.26. The smallest absolute Gasteiger partial charge is 0.186 e. The van der Waals surface area contributed by atoms with Crippen LogP contribution < -0.4 is 0 Å². The molecule has 0 saturated carbocycles. The van der Waals surface area contributed by atoms with Crippen LogP contribution in [0.15, 0.2) is 50.8 Å². The van der Waals surface area contributed by atoms with Gasteiger partial charge in [-0.25, -0.2) is 0 Å². The fourth-order valence-electron chi connectivity index (χ4n) is 1.47. The zero-order valence-corrected chi connectivity index (χ0v) is 13.6. The lowest BCUT2D eigenvalue weighted by molar-refractivity contribution is 0.109. The number of aldehydes is 1. The molecule has 0 fully saturated rings. The molecule has 2 nitrogen and oxygen atoms in total. The van der Waals surface area contributed by atoms with Gasteiger partial charge in [0.05, 0.1) is 11.2 Å². The second-order valence-electron chi connectivity index (χ2n) is 5.39. The molecule has 1 heterocycles. The van der Waals surface area contributed by atoms with Crippen LogP contribution in [-0.4, -0.2) is 14.4 Å². The van der Waals surface area contributed by atoms with Crippen molar-refractivity contribution in [3.05, 3.63) is 47.9 Å². The van der Waals surface area contributed by atoms with E-state index in [1.807, 2.05) is 24.3 Å². The Labute approximate surface area is 124 Å². The van der Waals surface area contributed by atoms with Crippen molar-refractivity contribution in [2.45, 2.75) is 29.4 Å². The molecule has 1 aromatic heterocycles. The summed E-state index contributed by atoms with van der Waals surface area (Å²) in [5, 5.41) is 0. The van der Waals surface area contributed by atoms with Crippen LogP contribution in [0.3, 0.4) is 0 Å². The lowest BCUT2D eigenvalue weighted by Gasteiger charge is -2.03. The van der Waals surface area contributed by atoms with Crippen LogP contribution in [0.2, 0.25) is 19.6 Å². The molecule has 0 saturated heterocycles. The first-order chi connectivity index (χ1) is 9.48. The van der Waals surface area contributed by atoms with E-state index < -0.39 is 8.07 Å². The topological polar surface area (TPSA) is 30.2 Å². The van der Waals surface area contributed by atoms with Crippen LogP contribution in [0.1, 0.15) is 16.1 Å². The third-order valence-corrected chi connectivity index (χ3v) is 4.37. The Hall–Kier alpha value is -1.70. The van der Waals surface area contributed by atoms with E-state index in [1.54, 1.807) is 6.07 Å². The van der Waals surface area contributed by atoms with Crippen LogP contribution in [0.25, 0.3) is 0 Å². The fraction of sp³-hybridized carbons (Fsp3) is 0.188. The molecule has 0 aliphatic carbocycles. The Morgan fingerprint density at radius 3 is 2.45 bits per heavy atom. The molecule has 0 bridgehead atoms. The second kappa shape index (κ2) is 6.17. The van der Waals surface area contributed by atoms with Crippen molar-refractivity contribution in [1.82, 2.24) is 0 Å². The number of benzene rings is 1. The third kappa shape index (κ3) is 4.15. The number of rotatable bonds is 3. The van der Waals surface area contributed by atoms with Gasteiger partial charge in [0.1, 0.15) is 8.07 Å². The number of carbonyl (C=O) groups excluding carboxylic acids is 1. The van der Waals surface area contributed by atoms with Gasteiger partial charge in [-0.15, -0.1) is 5.54 Å². The van der Waals surface area contributed by atoms with Crippen molar-refractivity contribution in [2.24, 2.45) is 0 Å². The highest BCUT2D eigenvalue weighted by Gasteiger charge is 2.08. The minimum atomic E-state index is -1.34. The molecule has 102 valence electrons. The monoisotopic (exact) mass is 300 g/mol. The van der Waals surface area contributed by atoms with Gasteiger partial charge in [0.15, 0.2) is 12.0 Å². The molecule has 2 rings (SSSR count). The van der Waals surface area contributed by atoms with Crippen LogP contribution in [-0.2, 0) is 0 Å². The highest BCUT2D eigenvalue weighted by molar-refractivity contribution is 7.99. The van der Waals surface area contributed by atoms with Crippen molar-refractivity contribution in [1.29, 1.82) is 0 Å². The lowest BCUT2D eigenvalue weighted by atomic mass is 10.2. The number of hydrogen-bond donors (Lipinski definition) is 0. The van der Waals surface area contributed by atoms with Crippen LogP contribution in [0.5, 0.6) is 0 Å². The molecular formula is C16H16O2SSi. The molecule has 1 aromatic carbocycles. The number of hydrogen-bond acceptors (Lipinski definition) is 3. The summed E-state index contributed by atoms with van der Waals surface area (Å²) in [4.78, 5) is 12.7. The summed E-state index contributed by atoms with van der Waals surface area (Å²) in [7, 11) is -1.34. The molecule has 0 aliphatic rings.